The molecule has 2 aromatic carbocycles. The molecule has 2 N–H and O–H groups in total. The lowest BCUT2D eigenvalue weighted by Crippen LogP contribution is -2.40. The summed E-state index contributed by atoms with van der Waals surface area (Å²) in [5, 5.41) is 5.86. The average Bonchev–Trinajstić information content (AvgIpc) is 3.14. The second kappa shape index (κ2) is 5.37. The number of rotatable bonds is 1. The van der Waals surface area contributed by atoms with Crippen molar-refractivity contribution in [2.24, 2.45) is 0 Å². The number of likely N-dealkylation sites (tertiary alicyclic amines) is 1. The van der Waals surface area contributed by atoms with Gasteiger partial charge in [-0.2, -0.15) is 0 Å². The molecule has 1 atom stereocenters. The minimum absolute atomic E-state index is 0.00524. The number of hydrogen-bond donors (Lipinski definition) is 2. The molecule has 0 bridgehead atoms. The summed E-state index contributed by atoms with van der Waals surface area (Å²) in [5.74, 6) is -0.00524. The topological polar surface area (TPSA) is 61.4 Å². The molecule has 5 nitrogen and oxygen atoms in total. The van der Waals surface area contributed by atoms with Crippen LogP contribution >= 0.6 is 0 Å². The molecule has 122 valence electrons. The van der Waals surface area contributed by atoms with Gasteiger partial charge in [0.25, 0.3) is 0 Å². The molecule has 0 radical (unpaired) electrons. The number of carbonyl (C=O) groups is 2. The Morgan fingerprint density at radius 2 is 1.92 bits per heavy atom. The maximum atomic E-state index is 12.5. The van der Waals surface area contributed by atoms with E-state index in [-0.39, 0.29) is 11.9 Å². The van der Waals surface area contributed by atoms with E-state index >= 15 is 0 Å². The fourth-order valence-corrected chi connectivity index (χ4v) is 3.60. The first-order valence-corrected chi connectivity index (χ1v) is 8.12. The van der Waals surface area contributed by atoms with Gasteiger partial charge < -0.3 is 15.5 Å². The summed E-state index contributed by atoms with van der Waals surface area (Å²) in [5.41, 5.74) is 3.17. The number of aryl methyl sites for hydroxylation is 1. The molecule has 1 saturated heterocycles. The molecule has 4 rings (SSSR count). The van der Waals surface area contributed by atoms with Crippen LogP contribution in [0.3, 0.4) is 0 Å². The molecule has 0 aromatic heterocycles. The Kier molecular flexibility index (Phi) is 3.30. The minimum atomic E-state index is -0.610. The lowest BCUT2D eigenvalue weighted by molar-refractivity contribution is -0.120. The SMILES string of the molecule is Cc1ccc(NC(=O)N2CC[C@@]3(C2)C(=O)Nc2ccccc23)cc1. The first-order valence-electron chi connectivity index (χ1n) is 8.12. The van der Waals surface area contributed by atoms with Crippen LogP contribution in [0.4, 0.5) is 16.2 Å². The van der Waals surface area contributed by atoms with E-state index in [1.54, 1.807) is 4.90 Å². The molecule has 1 fully saturated rings. The predicted octanol–water partition coefficient (Wildman–Crippen LogP) is 3.12. The molecule has 0 aliphatic carbocycles. The highest BCUT2D eigenvalue weighted by atomic mass is 16.2. The van der Waals surface area contributed by atoms with Crippen molar-refractivity contribution < 1.29 is 9.59 Å². The average molecular weight is 321 g/mol. The van der Waals surface area contributed by atoms with Crippen molar-refractivity contribution in [2.75, 3.05) is 23.7 Å². The van der Waals surface area contributed by atoms with Crippen LogP contribution in [0, 0.1) is 6.92 Å². The standard InChI is InChI=1S/C19H19N3O2/c1-13-6-8-14(9-7-13)20-18(24)22-11-10-19(12-22)15-4-2-3-5-16(15)21-17(19)23/h2-9H,10-12H2,1H3,(H,20,24)(H,21,23)/t19-/m0/s1. The number of carbonyl (C=O) groups excluding carboxylic acids is 2. The van der Waals surface area contributed by atoms with Crippen LogP contribution in [-0.2, 0) is 10.2 Å². The summed E-state index contributed by atoms with van der Waals surface area (Å²) in [6.45, 7) is 2.99. The van der Waals surface area contributed by atoms with Crippen molar-refractivity contribution >= 4 is 23.3 Å². The number of amides is 3. The molecule has 5 heteroatoms. The zero-order valence-corrected chi connectivity index (χ0v) is 13.5. The molecule has 1 spiro atoms. The van der Waals surface area contributed by atoms with Gasteiger partial charge >= 0.3 is 6.03 Å². The van der Waals surface area contributed by atoms with Gasteiger partial charge in [0, 0.05) is 24.5 Å². The maximum Gasteiger partial charge on any atom is 0.321 e. The Morgan fingerprint density at radius 1 is 1.17 bits per heavy atom. The van der Waals surface area contributed by atoms with Crippen LogP contribution < -0.4 is 10.6 Å². The van der Waals surface area contributed by atoms with Crippen molar-refractivity contribution in [1.82, 2.24) is 4.90 Å². The van der Waals surface area contributed by atoms with Crippen LogP contribution in [0.25, 0.3) is 0 Å². The molecular formula is C19H19N3O2. The number of para-hydroxylation sites is 1. The molecule has 2 heterocycles. The molecule has 2 aromatic rings. The minimum Gasteiger partial charge on any atom is -0.325 e. The van der Waals surface area contributed by atoms with E-state index in [0.29, 0.717) is 19.5 Å². The summed E-state index contributed by atoms with van der Waals surface area (Å²) in [6, 6.07) is 15.3. The smallest absolute Gasteiger partial charge is 0.321 e. The van der Waals surface area contributed by atoms with Crippen molar-refractivity contribution in [3.05, 3.63) is 59.7 Å². The van der Waals surface area contributed by atoms with Crippen LogP contribution in [0.2, 0.25) is 0 Å². The lowest BCUT2D eigenvalue weighted by atomic mass is 9.81. The second-order valence-electron chi connectivity index (χ2n) is 6.55. The lowest BCUT2D eigenvalue weighted by Gasteiger charge is -2.22. The summed E-state index contributed by atoms with van der Waals surface area (Å²) in [4.78, 5) is 26.8. The van der Waals surface area contributed by atoms with E-state index in [9.17, 15) is 9.59 Å². The normalized spacial score (nSPS) is 21.7. The molecule has 0 unspecified atom stereocenters. The highest BCUT2D eigenvalue weighted by Crippen LogP contribution is 2.44. The van der Waals surface area contributed by atoms with E-state index in [1.165, 1.54) is 0 Å². The first-order chi connectivity index (χ1) is 11.6. The zero-order valence-electron chi connectivity index (χ0n) is 13.5. The summed E-state index contributed by atoms with van der Waals surface area (Å²) in [7, 11) is 0. The van der Waals surface area contributed by atoms with Crippen LogP contribution in [0.5, 0.6) is 0 Å². The van der Waals surface area contributed by atoms with Gasteiger partial charge in [0.15, 0.2) is 0 Å². The third-order valence-electron chi connectivity index (χ3n) is 4.98. The number of urea groups is 1. The van der Waals surface area contributed by atoms with Gasteiger partial charge in [-0.15, -0.1) is 0 Å². The number of fused-ring (bicyclic) bond motifs is 2. The fourth-order valence-electron chi connectivity index (χ4n) is 3.60. The fraction of sp³-hybridized carbons (Fsp3) is 0.263. The Bertz CT molecular complexity index is 816. The molecule has 0 saturated carbocycles. The highest BCUT2D eigenvalue weighted by Gasteiger charge is 2.51. The van der Waals surface area contributed by atoms with Crippen molar-refractivity contribution in [3.63, 3.8) is 0 Å². The van der Waals surface area contributed by atoms with Gasteiger partial charge in [-0.25, -0.2) is 4.79 Å². The second-order valence-corrected chi connectivity index (χ2v) is 6.55. The van der Waals surface area contributed by atoms with E-state index in [0.717, 1.165) is 22.5 Å². The summed E-state index contributed by atoms with van der Waals surface area (Å²) < 4.78 is 0. The molecule has 2 aliphatic rings. The largest absolute Gasteiger partial charge is 0.325 e. The van der Waals surface area contributed by atoms with Gasteiger partial charge in [0.1, 0.15) is 0 Å². The molecular weight excluding hydrogens is 302 g/mol. The van der Waals surface area contributed by atoms with Gasteiger partial charge in [-0.05, 0) is 37.1 Å². The monoisotopic (exact) mass is 321 g/mol. The molecule has 2 aliphatic heterocycles. The van der Waals surface area contributed by atoms with Gasteiger partial charge in [-0.3, -0.25) is 4.79 Å². The van der Waals surface area contributed by atoms with Crippen LogP contribution in [0.15, 0.2) is 48.5 Å². The summed E-state index contributed by atoms with van der Waals surface area (Å²) in [6.07, 6.45) is 0.650. The Balaban J connectivity index is 1.53. The number of nitrogens with zero attached hydrogens (tertiary/aromatic N) is 1. The first kappa shape index (κ1) is 14.8. The van der Waals surface area contributed by atoms with Crippen molar-refractivity contribution in [1.29, 1.82) is 0 Å². The number of hydrogen-bond acceptors (Lipinski definition) is 2. The van der Waals surface area contributed by atoms with Crippen molar-refractivity contribution in [2.45, 2.75) is 18.8 Å². The van der Waals surface area contributed by atoms with E-state index < -0.39 is 5.41 Å². The Hall–Kier alpha value is -2.82. The predicted molar refractivity (Wildman–Crippen MR) is 93.1 cm³/mol. The quantitative estimate of drug-likeness (QED) is 0.848. The third-order valence-corrected chi connectivity index (χ3v) is 4.98. The number of benzene rings is 2. The van der Waals surface area contributed by atoms with Crippen molar-refractivity contribution in [3.8, 4) is 0 Å². The van der Waals surface area contributed by atoms with Gasteiger partial charge in [0.2, 0.25) is 5.91 Å². The number of nitrogens with one attached hydrogen (secondary N) is 2. The molecule has 24 heavy (non-hydrogen) atoms. The Morgan fingerprint density at radius 3 is 2.71 bits per heavy atom. The zero-order chi connectivity index (χ0) is 16.7. The Labute approximate surface area is 140 Å². The number of anilines is 2. The molecule has 3 amide bonds. The maximum absolute atomic E-state index is 12.5. The van der Waals surface area contributed by atoms with Crippen LogP contribution in [-0.4, -0.2) is 29.9 Å². The highest BCUT2D eigenvalue weighted by molar-refractivity contribution is 6.07. The van der Waals surface area contributed by atoms with E-state index in [4.69, 9.17) is 0 Å². The van der Waals surface area contributed by atoms with Crippen LogP contribution in [0.1, 0.15) is 17.5 Å². The van der Waals surface area contributed by atoms with E-state index in [1.807, 2.05) is 55.5 Å². The third kappa shape index (κ3) is 2.24. The summed E-state index contributed by atoms with van der Waals surface area (Å²) >= 11 is 0. The van der Waals surface area contributed by atoms with E-state index in [2.05, 4.69) is 10.6 Å². The van der Waals surface area contributed by atoms with Gasteiger partial charge in [-0.1, -0.05) is 35.9 Å². The van der Waals surface area contributed by atoms with Gasteiger partial charge in [0.05, 0.1) is 5.41 Å².